The number of primary amides is 1. The number of rotatable bonds is 7. The molecule has 6 heteroatoms. The molecule has 5 nitrogen and oxygen atoms in total. The van der Waals surface area contributed by atoms with Gasteiger partial charge in [0.15, 0.2) is 0 Å². The van der Waals surface area contributed by atoms with Crippen LogP contribution in [0.4, 0.5) is 4.39 Å². The maximum atomic E-state index is 13.2. The number of aryl methyl sites for hydroxylation is 1. The SMILES string of the molecule is CO[C@H]1CCCN(C(=O)CCc2cccc(F)c2)[C@H]1CCC(N)=O. The molecule has 2 amide bonds. The number of amides is 2. The highest BCUT2D eigenvalue weighted by Crippen LogP contribution is 2.25. The highest BCUT2D eigenvalue weighted by atomic mass is 19.1. The van der Waals surface area contributed by atoms with E-state index in [1.165, 1.54) is 12.1 Å². The third-order valence-electron chi connectivity index (χ3n) is 4.54. The molecule has 1 aromatic rings. The Bertz CT molecular complexity index is 579. The van der Waals surface area contributed by atoms with Gasteiger partial charge in [-0.2, -0.15) is 0 Å². The molecule has 1 aliphatic heterocycles. The number of nitrogens with two attached hydrogens (primary N) is 1. The van der Waals surface area contributed by atoms with Crippen molar-refractivity contribution >= 4 is 11.8 Å². The van der Waals surface area contributed by atoms with Gasteiger partial charge in [0.05, 0.1) is 12.1 Å². The van der Waals surface area contributed by atoms with Crippen LogP contribution < -0.4 is 5.73 Å². The summed E-state index contributed by atoms with van der Waals surface area (Å²) in [5.74, 6) is -0.658. The summed E-state index contributed by atoms with van der Waals surface area (Å²) in [6, 6.07) is 6.17. The number of nitrogens with zero attached hydrogens (tertiary/aromatic N) is 1. The summed E-state index contributed by atoms with van der Waals surface area (Å²) in [6.45, 7) is 0.658. The Labute approximate surface area is 142 Å². The normalized spacial score (nSPS) is 20.8. The highest BCUT2D eigenvalue weighted by molar-refractivity contribution is 5.77. The first-order valence-electron chi connectivity index (χ1n) is 8.36. The first kappa shape index (κ1) is 18.4. The maximum absolute atomic E-state index is 13.2. The molecule has 1 aliphatic rings. The molecule has 24 heavy (non-hydrogen) atoms. The number of halogens is 1. The van der Waals surface area contributed by atoms with Gasteiger partial charge in [-0.05, 0) is 43.4 Å². The van der Waals surface area contributed by atoms with Crippen molar-refractivity contribution in [2.75, 3.05) is 13.7 Å². The molecule has 2 N–H and O–H groups in total. The molecule has 0 aliphatic carbocycles. The van der Waals surface area contributed by atoms with Gasteiger partial charge in [-0.25, -0.2) is 4.39 Å². The fraction of sp³-hybridized carbons (Fsp3) is 0.556. The minimum Gasteiger partial charge on any atom is -0.379 e. The van der Waals surface area contributed by atoms with E-state index in [1.54, 1.807) is 18.1 Å². The molecule has 0 saturated carbocycles. The van der Waals surface area contributed by atoms with E-state index >= 15 is 0 Å². The number of piperidine rings is 1. The van der Waals surface area contributed by atoms with Gasteiger partial charge < -0.3 is 15.4 Å². The van der Waals surface area contributed by atoms with Crippen molar-refractivity contribution in [3.05, 3.63) is 35.6 Å². The van der Waals surface area contributed by atoms with Crippen LogP contribution in [0.2, 0.25) is 0 Å². The number of carbonyl (C=O) groups excluding carboxylic acids is 2. The van der Waals surface area contributed by atoms with Gasteiger partial charge in [0.1, 0.15) is 5.82 Å². The van der Waals surface area contributed by atoms with Gasteiger partial charge in [-0.3, -0.25) is 9.59 Å². The number of ether oxygens (including phenoxy) is 1. The lowest BCUT2D eigenvalue weighted by atomic mass is 9.93. The zero-order chi connectivity index (χ0) is 17.5. The van der Waals surface area contributed by atoms with Gasteiger partial charge in [0.2, 0.25) is 11.8 Å². The van der Waals surface area contributed by atoms with Gasteiger partial charge >= 0.3 is 0 Å². The summed E-state index contributed by atoms with van der Waals surface area (Å²) in [4.78, 5) is 25.5. The molecule has 2 atom stereocenters. The van der Waals surface area contributed by atoms with Crippen molar-refractivity contribution < 1.29 is 18.7 Å². The first-order valence-corrected chi connectivity index (χ1v) is 8.36. The maximum Gasteiger partial charge on any atom is 0.223 e. The van der Waals surface area contributed by atoms with E-state index in [9.17, 15) is 14.0 Å². The van der Waals surface area contributed by atoms with E-state index in [0.29, 0.717) is 25.8 Å². The highest BCUT2D eigenvalue weighted by Gasteiger charge is 2.34. The van der Waals surface area contributed by atoms with Crippen LogP contribution in [-0.4, -0.2) is 42.5 Å². The van der Waals surface area contributed by atoms with E-state index in [-0.39, 0.29) is 36.2 Å². The van der Waals surface area contributed by atoms with E-state index in [2.05, 4.69) is 0 Å². The Balaban J connectivity index is 1.99. The largest absolute Gasteiger partial charge is 0.379 e. The van der Waals surface area contributed by atoms with Crippen molar-refractivity contribution in [2.45, 2.75) is 50.7 Å². The molecule has 0 bridgehead atoms. The van der Waals surface area contributed by atoms with Crippen LogP contribution >= 0.6 is 0 Å². The van der Waals surface area contributed by atoms with Gasteiger partial charge in [0, 0.05) is 26.5 Å². The smallest absolute Gasteiger partial charge is 0.223 e. The summed E-state index contributed by atoms with van der Waals surface area (Å²) in [5.41, 5.74) is 6.05. The Kier molecular flexibility index (Phi) is 6.73. The standard InChI is InChI=1S/C18H25FN2O3/c1-24-16-6-3-11-21(15(16)8-9-17(20)22)18(23)10-7-13-4-2-5-14(19)12-13/h2,4-5,12,15-16H,3,6-11H2,1H3,(H2,20,22)/t15-,16-/m0/s1. The van der Waals surface area contributed by atoms with Gasteiger partial charge in [0.25, 0.3) is 0 Å². The van der Waals surface area contributed by atoms with Crippen LogP contribution in [0, 0.1) is 5.82 Å². The number of benzene rings is 1. The van der Waals surface area contributed by atoms with Crippen molar-refractivity contribution in [1.82, 2.24) is 4.90 Å². The van der Waals surface area contributed by atoms with Crippen LogP contribution in [0.3, 0.4) is 0 Å². The lowest BCUT2D eigenvalue weighted by Gasteiger charge is -2.40. The summed E-state index contributed by atoms with van der Waals surface area (Å²) in [6.07, 6.45) is 3.22. The predicted octanol–water partition coefficient (Wildman–Crippen LogP) is 2.03. The fourth-order valence-electron chi connectivity index (χ4n) is 3.33. The number of likely N-dealkylation sites (tertiary alicyclic amines) is 1. The summed E-state index contributed by atoms with van der Waals surface area (Å²) < 4.78 is 18.7. The van der Waals surface area contributed by atoms with Crippen molar-refractivity contribution in [3.63, 3.8) is 0 Å². The zero-order valence-corrected chi connectivity index (χ0v) is 14.0. The second kappa shape index (κ2) is 8.78. The lowest BCUT2D eigenvalue weighted by molar-refractivity contribution is -0.140. The number of hydrogen-bond acceptors (Lipinski definition) is 3. The predicted molar refractivity (Wildman–Crippen MR) is 88.7 cm³/mol. The average Bonchev–Trinajstić information content (AvgIpc) is 2.57. The molecule has 0 spiro atoms. The van der Waals surface area contributed by atoms with Crippen LogP contribution in [0.15, 0.2) is 24.3 Å². The zero-order valence-electron chi connectivity index (χ0n) is 14.0. The van der Waals surface area contributed by atoms with Crippen molar-refractivity contribution in [3.8, 4) is 0 Å². The Morgan fingerprint density at radius 2 is 2.17 bits per heavy atom. The van der Waals surface area contributed by atoms with Crippen LogP contribution in [0.1, 0.15) is 37.7 Å². The summed E-state index contributed by atoms with van der Waals surface area (Å²) >= 11 is 0. The first-order chi connectivity index (χ1) is 11.5. The quantitative estimate of drug-likeness (QED) is 0.828. The fourth-order valence-corrected chi connectivity index (χ4v) is 3.33. The minimum atomic E-state index is -0.373. The van der Waals surface area contributed by atoms with Crippen LogP contribution in [0.5, 0.6) is 0 Å². The Morgan fingerprint density at radius 1 is 1.38 bits per heavy atom. The van der Waals surface area contributed by atoms with E-state index in [1.807, 2.05) is 6.07 Å². The molecule has 2 rings (SSSR count). The van der Waals surface area contributed by atoms with Crippen molar-refractivity contribution in [2.24, 2.45) is 5.73 Å². The Hall–Kier alpha value is -1.95. The van der Waals surface area contributed by atoms with E-state index in [0.717, 1.165) is 18.4 Å². The molecular weight excluding hydrogens is 311 g/mol. The molecule has 0 unspecified atom stereocenters. The summed E-state index contributed by atoms with van der Waals surface area (Å²) in [5, 5.41) is 0. The topological polar surface area (TPSA) is 72.6 Å². The monoisotopic (exact) mass is 336 g/mol. The summed E-state index contributed by atoms with van der Waals surface area (Å²) in [7, 11) is 1.63. The third-order valence-corrected chi connectivity index (χ3v) is 4.54. The lowest BCUT2D eigenvalue weighted by Crippen LogP contribution is -2.52. The molecule has 132 valence electrons. The molecule has 1 fully saturated rings. The van der Waals surface area contributed by atoms with Crippen molar-refractivity contribution in [1.29, 1.82) is 0 Å². The molecular formula is C18H25FN2O3. The molecule has 1 aromatic carbocycles. The molecule has 1 saturated heterocycles. The molecule has 0 aromatic heterocycles. The number of methoxy groups -OCH3 is 1. The second-order valence-corrected chi connectivity index (χ2v) is 6.21. The molecule has 0 radical (unpaired) electrons. The average molecular weight is 336 g/mol. The van der Waals surface area contributed by atoms with E-state index in [4.69, 9.17) is 10.5 Å². The number of hydrogen-bond donors (Lipinski definition) is 1. The minimum absolute atomic E-state index is 0.00971. The van der Waals surface area contributed by atoms with Gasteiger partial charge in [-0.1, -0.05) is 12.1 Å². The van der Waals surface area contributed by atoms with Crippen LogP contribution in [-0.2, 0) is 20.7 Å². The third kappa shape index (κ3) is 5.03. The second-order valence-electron chi connectivity index (χ2n) is 6.21. The van der Waals surface area contributed by atoms with Gasteiger partial charge in [-0.15, -0.1) is 0 Å². The number of carbonyl (C=O) groups is 2. The molecule has 1 heterocycles. The van der Waals surface area contributed by atoms with E-state index < -0.39 is 0 Å². The van der Waals surface area contributed by atoms with Crippen LogP contribution in [0.25, 0.3) is 0 Å². The Morgan fingerprint density at radius 3 is 2.83 bits per heavy atom.